The van der Waals surface area contributed by atoms with E-state index in [-0.39, 0.29) is 6.04 Å². The number of aromatic nitrogens is 2. The van der Waals surface area contributed by atoms with Crippen molar-refractivity contribution < 1.29 is 0 Å². The molecule has 0 saturated carbocycles. The molecule has 1 aromatic carbocycles. The van der Waals surface area contributed by atoms with Crippen molar-refractivity contribution in [2.45, 2.75) is 18.9 Å². The van der Waals surface area contributed by atoms with Gasteiger partial charge in [0, 0.05) is 17.6 Å². The maximum absolute atomic E-state index is 12.4. The van der Waals surface area contributed by atoms with Crippen LogP contribution in [0.3, 0.4) is 0 Å². The molecule has 1 aromatic heterocycles. The van der Waals surface area contributed by atoms with Crippen LogP contribution in [0.4, 0.5) is 0 Å². The highest BCUT2D eigenvalue weighted by molar-refractivity contribution is 9.10. The molecule has 5 nitrogen and oxygen atoms in total. The summed E-state index contributed by atoms with van der Waals surface area (Å²) in [7, 11) is 1.65. The molecule has 0 unspecified atom stereocenters. The lowest BCUT2D eigenvalue weighted by atomic mass is 10.1. The van der Waals surface area contributed by atoms with E-state index in [2.05, 4.69) is 21.2 Å². The van der Waals surface area contributed by atoms with E-state index < -0.39 is 11.1 Å². The second-order valence-corrected chi connectivity index (χ2v) is 6.07. The molecular formula is C14H16BrN3O2. The fourth-order valence-corrected chi connectivity index (χ4v) is 3.21. The molecular weight excluding hydrogens is 322 g/mol. The standard InChI is InChI=1S/C14H16BrN3O2/c1-17-11-3-2-9(15)8-12(11)18(14(20)13(17)19)10-4-6-16-7-5-10/h2-3,8,10,16H,4-7H2,1H3. The van der Waals surface area contributed by atoms with Crippen LogP contribution < -0.4 is 16.4 Å². The van der Waals surface area contributed by atoms with E-state index >= 15 is 0 Å². The third kappa shape index (κ3) is 2.13. The minimum atomic E-state index is -0.460. The molecule has 1 aliphatic rings. The summed E-state index contributed by atoms with van der Waals surface area (Å²) in [5, 5.41) is 3.28. The van der Waals surface area contributed by atoms with Crippen LogP contribution in [0.2, 0.25) is 0 Å². The molecule has 0 spiro atoms. The quantitative estimate of drug-likeness (QED) is 0.800. The number of nitrogens with one attached hydrogen (secondary N) is 1. The van der Waals surface area contributed by atoms with E-state index in [1.165, 1.54) is 4.57 Å². The van der Waals surface area contributed by atoms with Gasteiger partial charge in [-0.2, -0.15) is 0 Å². The van der Waals surface area contributed by atoms with Crippen LogP contribution in [0.15, 0.2) is 32.3 Å². The number of benzene rings is 1. The monoisotopic (exact) mass is 337 g/mol. The normalized spacial score (nSPS) is 16.7. The minimum absolute atomic E-state index is 0.0921. The summed E-state index contributed by atoms with van der Waals surface area (Å²) >= 11 is 3.44. The van der Waals surface area contributed by atoms with Crippen LogP contribution in [0.25, 0.3) is 11.0 Å². The smallest absolute Gasteiger partial charge is 0.317 e. The van der Waals surface area contributed by atoms with Gasteiger partial charge < -0.3 is 9.88 Å². The summed E-state index contributed by atoms with van der Waals surface area (Å²) < 4.78 is 4.02. The van der Waals surface area contributed by atoms with Crippen LogP contribution in [0, 0.1) is 0 Å². The molecule has 0 atom stereocenters. The van der Waals surface area contributed by atoms with Crippen molar-refractivity contribution in [3.05, 3.63) is 43.4 Å². The maximum atomic E-state index is 12.4. The molecule has 0 aliphatic carbocycles. The Bertz CT molecular complexity index is 772. The lowest BCUT2D eigenvalue weighted by Gasteiger charge is -2.26. The minimum Gasteiger partial charge on any atom is -0.317 e. The lowest BCUT2D eigenvalue weighted by Crippen LogP contribution is -2.44. The second-order valence-electron chi connectivity index (χ2n) is 5.15. The van der Waals surface area contributed by atoms with Crippen molar-refractivity contribution >= 4 is 27.0 Å². The third-order valence-corrected chi connectivity index (χ3v) is 4.43. The van der Waals surface area contributed by atoms with Crippen LogP contribution in [-0.4, -0.2) is 22.2 Å². The second kappa shape index (κ2) is 5.18. The van der Waals surface area contributed by atoms with Gasteiger partial charge in [-0.3, -0.25) is 14.2 Å². The summed E-state index contributed by atoms with van der Waals surface area (Å²) in [4.78, 5) is 24.5. The van der Waals surface area contributed by atoms with Gasteiger partial charge in [0.2, 0.25) is 0 Å². The van der Waals surface area contributed by atoms with Gasteiger partial charge in [-0.25, -0.2) is 0 Å². The lowest BCUT2D eigenvalue weighted by molar-refractivity contribution is 0.366. The van der Waals surface area contributed by atoms with Gasteiger partial charge in [-0.1, -0.05) is 15.9 Å². The van der Waals surface area contributed by atoms with Crippen molar-refractivity contribution in [3.63, 3.8) is 0 Å². The first-order valence-electron chi connectivity index (χ1n) is 6.71. The first kappa shape index (κ1) is 13.6. The molecule has 3 rings (SSSR count). The fourth-order valence-electron chi connectivity index (χ4n) is 2.87. The Morgan fingerprint density at radius 2 is 1.85 bits per heavy atom. The van der Waals surface area contributed by atoms with Crippen molar-refractivity contribution in [3.8, 4) is 0 Å². The molecule has 1 fully saturated rings. The first-order chi connectivity index (χ1) is 9.59. The summed E-state index contributed by atoms with van der Waals surface area (Å²) in [6.07, 6.45) is 1.74. The Balaban J connectivity index is 2.36. The topological polar surface area (TPSA) is 56.0 Å². The van der Waals surface area contributed by atoms with Gasteiger partial charge in [0.25, 0.3) is 0 Å². The Kier molecular flexibility index (Phi) is 3.52. The molecule has 2 heterocycles. The average Bonchev–Trinajstić information content (AvgIpc) is 2.46. The van der Waals surface area contributed by atoms with Gasteiger partial charge in [0.1, 0.15) is 0 Å². The zero-order chi connectivity index (χ0) is 14.3. The zero-order valence-electron chi connectivity index (χ0n) is 11.2. The molecule has 1 N–H and O–H groups in total. The number of aryl methyl sites for hydroxylation is 1. The van der Waals surface area contributed by atoms with Gasteiger partial charge >= 0.3 is 11.1 Å². The summed E-state index contributed by atoms with van der Waals surface area (Å²) in [5.41, 5.74) is 0.720. The molecule has 106 valence electrons. The predicted molar refractivity (Wildman–Crippen MR) is 82.3 cm³/mol. The fraction of sp³-hybridized carbons (Fsp3) is 0.429. The number of rotatable bonds is 1. The van der Waals surface area contributed by atoms with Gasteiger partial charge in [-0.15, -0.1) is 0 Å². The van der Waals surface area contributed by atoms with E-state index in [1.807, 2.05) is 18.2 Å². The van der Waals surface area contributed by atoms with Crippen LogP contribution >= 0.6 is 15.9 Å². The van der Waals surface area contributed by atoms with E-state index in [4.69, 9.17) is 0 Å². The molecule has 1 aliphatic heterocycles. The third-order valence-electron chi connectivity index (χ3n) is 3.94. The number of halogens is 1. The highest BCUT2D eigenvalue weighted by Crippen LogP contribution is 2.23. The van der Waals surface area contributed by atoms with E-state index in [9.17, 15) is 9.59 Å². The van der Waals surface area contributed by atoms with Gasteiger partial charge in [0.15, 0.2) is 0 Å². The van der Waals surface area contributed by atoms with E-state index in [0.29, 0.717) is 0 Å². The largest absolute Gasteiger partial charge is 0.317 e. The van der Waals surface area contributed by atoms with Gasteiger partial charge in [0.05, 0.1) is 11.0 Å². The summed E-state index contributed by atoms with van der Waals surface area (Å²) in [6, 6.07) is 5.77. The SMILES string of the molecule is Cn1c(=O)c(=O)n(C2CCNCC2)c2cc(Br)ccc21. The van der Waals surface area contributed by atoms with Crippen molar-refractivity contribution in [1.82, 2.24) is 14.5 Å². The first-order valence-corrected chi connectivity index (χ1v) is 7.50. The number of fused-ring (bicyclic) bond motifs is 1. The summed E-state index contributed by atoms with van der Waals surface area (Å²) in [5.74, 6) is 0. The Morgan fingerprint density at radius 1 is 1.15 bits per heavy atom. The Morgan fingerprint density at radius 3 is 2.55 bits per heavy atom. The molecule has 6 heteroatoms. The number of nitrogens with zero attached hydrogens (tertiary/aromatic N) is 2. The van der Waals surface area contributed by atoms with Crippen molar-refractivity contribution in [1.29, 1.82) is 0 Å². The molecule has 0 amide bonds. The molecule has 0 radical (unpaired) electrons. The van der Waals surface area contributed by atoms with E-state index in [0.717, 1.165) is 41.4 Å². The zero-order valence-corrected chi connectivity index (χ0v) is 12.8. The van der Waals surface area contributed by atoms with Gasteiger partial charge in [-0.05, 0) is 44.1 Å². The molecule has 0 bridgehead atoms. The summed E-state index contributed by atoms with van der Waals surface area (Å²) in [6.45, 7) is 1.75. The Labute approximate surface area is 124 Å². The number of hydrogen-bond acceptors (Lipinski definition) is 3. The van der Waals surface area contributed by atoms with Crippen LogP contribution in [0.5, 0.6) is 0 Å². The van der Waals surface area contributed by atoms with Crippen molar-refractivity contribution in [2.75, 3.05) is 13.1 Å². The Hall–Kier alpha value is -1.40. The molecule has 2 aromatic rings. The maximum Gasteiger partial charge on any atom is 0.317 e. The van der Waals surface area contributed by atoms with E-state index in [1.54, 1.807) is 11.6 Å². The van der Waals surface area contributed by atoms with Crippen LogP contribution in [0.1, 0.15) is 18.9 Å². The predicted octanol–water partition coefficient (Wildman–Crippen LogP) is 1.39. The average molecular weight is 338 g/mol. The van der Waals surface area contributed by atoms with Crippen molar-refractivity contribution in [2.24, 2.45) is 7.05 Å². The van der Waals surface area contributed by atoms with Crippen LogP contribution in [-0.2, 0) is 7.05 Å². The molecule has 20 heavy (non-hydrogen) atoms. The number of hydrogen-bond donors (Lipinski definition) is 1. The highest BCUT2D eigenvalue weighted by Gasteiger charge is 2.20. The highest BCUT2D eigenvalue weighted by atomic mass is 79.9. The molecule has 1 saturated heterocycles. The number of piperidine rings is 1.